The van der Waals surface area contributed by atoms with Crippen LogP contribution in [0.5, 0.6) is 0 Å². The van der Waals surface area contributed by atoms with Crippen molar-refractivity contribution in [2.45, 2.75) is 38.9 Å². The molecule has 0 aromatic heterocycles. The third kappa shape index (κ3) is 5.48. The Morgan fingerprint density at radius 1 is 1.00 bits per heavy atom. The normalized spacial score (nSPS) is 16.4. The molecule has 1 aliphatic heterocycles. The summed E-state index contributed by atoms with van der Waals surface area (Å²) in [5.41, 5.74) is 5.53. The van der Waals surface area contributed by atoms with E-state index in [-0.39, 0.29) is 11.9 Å². The summed E-state index contributed by atoms with van der Waals surface area (Å²) >= 11 is 12.4. The molecule has 4 rings (SSSR count). The SMILES string of the molecule is Cc1ccc(-c2cccc(CN3CCCC3C(=O)NCc3cccc(Cl)c3)c2)cc1Cl. The quantitative estimate of drug-likeness (QED) is 0.479. The second-order valence-electron chi connectivity index (χ2n) is 8.14. The van der Waals surface area contributed by atoms with Crippen molar-refractivity contribution >= 4 is 29.1 Å². The van der Waals surface area contributed by atoms with E-state index in [1.165, 1.54) is 5.56 Å². The first kappa shape index (κ1) is 21.9. The van der Waals surface area contributed by atoms with Crippen molar-refractivity contribution in [1.29, 1.82) is 0 Å². The molecule has 0 saturated carbocycles. The minimum atomic E-state index is -0.100. The molecule has 1 saturated heterocycles. The van der Waals surface area contributed by atoms with Crippen molar-refractivity contribution in [2.75, 3.05) is 6.54 Å². The molecule has 1 unspecified atom stereocenters. The van der Waals surface area contributed by atoms with Crippen LogP contribution in [-0.2, 0) is 17.9 Å². The largest absolute Gasteiger partial charge is 0.351 e. The first-order valence-electron chi connectivity index (χ1n) is 10.6. The Morgan fingerprint density at radius 2 is 1.77 bits per heavy atom. The van der Waals surface area contributed by atoms with E-state index in [0.29, 0.717) is 11.6 Å². The number of carbonyl (C=O) groups is 1. The maximum atomic E-state index is 12.9. The highest BCUT2D eigenvalue weighted by atomic mass is 35.5. The highest BCUT2D eigenvalue weighted by Crippen LogP contribution is 2.27. The van der Waals surface area contributed by atoms with E-state index in [9.17, 15) is 4.79 Å². The van der Waals surface area contributed by atoms with Gasteiger partial charge < -0.3 is 5.32 Å². The third-order valence-electron chi connectivity index (χ3n) is 5.84. The zero-order chi connectivity index (χ0) is 21.8. The van der Waals surface area contributed by atoms with Gasteiger partial charge in [-0.3, -0.25) is 9.69 Å². The van der Waals surface area contributed by atoms with Crippen LogP contribution in [-0.4, -0.2) is 23.4 Å². The second kappa shape index (κ2) is 9.86. The van der Waals surface area contributed by atoms with Crippen molar-refractivity contribution in [3.8, 4) is 11.1 Å². The van der Waals surface area contributed by atoms with Gasteiger partial charge in [0.15, 0.2) is 0 Å². The van der Waals surface area contributed by atoms with Crippen LogP contribution < -0.4 is 5.32 Å². The number of rotatable bonds is 6. The van der Waals surface area contributed by atoms with Gasteiger partial charge in [0.05, 0.1) is 6.04 Å². The Kier molecular flexibility index (Phi) is 6.96. The minimum Gasteiger partial charge on any atom is -0.351 e. The average molecular weight is 453 g/mol. The fraction of sp³-hybridized carbons (Fsp3) is 0.269. The molecule has 1 heterocycles. The molecule has 1 atom stereocenters. The lowest BCUT2D eigenvalue weighted by Gasteiger charge is -2.24. The molecular formula is C26H26Cl2N2O. The number of aryl methyl sites for hydroxylation is 1. The molecule has 31 heavy (non-hydrogen) atoms. The second-order valence-corrected chi connectivity index (χ2v) is 8.98. The molecule has 160 valence electrons. The lowest BCUT2D eigenvalue weighted by atomic mass is 10.0. The molecule has 1 fully saturated rings. The molecular weight excluding hydrogens is 427 g/mol. The summed E-state index contributed by atoms with van der Waals surface area (Å²) in [5, 5.41) is 4.54. The van der Waals surface area contributed by atoms with E-state index >= 15 is 0 Å². The summed E-state index contributed by atoms with van der Waals surface area (Å²) in [6.07, 6.45) is 1.91. The number of halogens is 2. The lowest BCUT2D eigenvalue weighted by molar-refractivity contribution is -0.125. The molecule has 0 radical (unpaired) electrons. The molecule has 0 spiro atoms. The van der Waals surface area contributed by atoms with E-state index < -0.39 is 0 Å². The number of likely N-dealkylation sites (tertiary alicyclic amines) is 1. The minimum absolute atomic E-state index is 0.0824. The van der Waals surface area contributed by atoms with E-state index in [2.05, 4.69) is 40.5 Å². The van der Waals surface area contributed by atoms with Crippen molar-refractivity contribution in [3.05, 3.63) is 93.5 Å². The van der Waals surface area contributed by atoms with Gasteiger partial charge in [0.25, 0.3) is 0 Å². The van der Waals surface area contributed by atoms with Crippen LogP contribution in [0.2, 0.25) is 10.0 Å². The van der Waals surface area contributed by atoms with Crippen LogP contribution in [0.25, 0.3) is 11.1 Å². The summed E-state index contributed by atoms with van der Waals surface area (Å²) in [6, 6.07) is 22.1. The zero-order valence-corrected chi connectivity index (χ0v) is 19.1. The van der Waals surface area contributed by atoms with Crippen LogP contribution in [0.1, 0.15) is 29.5 Å². The number of nitrogens with one attached hydrogen (secondary N) is 1. The number of carbonyl (C=O) groups excluding carboxylic acids is 1. The fourth-order valence-corrected chi connectivity index (χ4v) is 4.52. The first-order chi connectivity index (χ1) is 15.0. The van der Waals surface area contributed by atoms with E-state index in [0.717, 1.165) is 53.2 Å². The highest BCUT2D eigenvalue weighted by molar-refractivity contribution is 6.31. The van der Waals surface area contributed by atoms with Crippen LogP contribution in [0.4, 0.5) is 0 Å². The van der Waals surface area contributed by atoms with Gasteiger partial charge in [-0.1, -0.05) is 65.7 Å². The summed E-state index contributed by atoms with van der Waals surface area (Å²) < 4.78 is 0. The number of hydrogen-bond donors (Lipinski definition) is 1. The van der Waals surface area contributed by atoms with Gasteiger partial charge in [-0.05, 0) is 78.4 Å². The van der Waals surface area contributed by atoms with Crippen LogP contribution in [0, 0.1) is 6.92 Å². The zero-order valence-electron chi connectivity index (χ0n) is 17.6. The fourth-order valence-electron chi connectivity index (χ4n) is 4.12. The molecule has 3 aromatic carbocycles. The Hall–Kier alpha value is -2.33. The van der Waals surface area contributed by atoms with Crippen molar-refractivity contribution in [2.24, 2.45) is 0 Å². The van der Waals surface area contributed by atoms with Gasteiger partial charge in [0.1, 0.15) is 0 Å². The molecule has 3 aromatic rings. The van der Waals surface area contributed by atoms with E-state index in [4.69, 9.17) is 23.2 Å². The topological polar surface area (TPSA) is 32.3 Å². The predicted molar refractivity (Wildman–Crippen MR) is 128 cm³/mol. The monoisotopic (exact) mass is 452 g/mol. The number of amides is 1. The summed E-state index contributed by atoms with van der Waals surface area (Å²) in [7, 11) is 0. The molecule has 5 heteroatoms. The number of benzene rings is 3. The summed E-state index contributed by atoms with van der Waals surface area (Å²) in [6.45, 7) is 4.18. The van der Waals surface area contributed by atoms with Crippen molar-refractivity contribution < 1.29 is 4.79 Å². The van der Waals surface area contributed by atoms with Crippen LogP contribution in [0.3, 0.4) is 0 Å². The number of hydrogen-bond acceptors (Lipinski definition) is 2. The molecule has 3 nitrogen and oxygen atoms in total. The van der Waals surface area contributed by atoms with E-state index in [1.54, 1.807) is 0 Å². The Bertz CT molecular complexity index is 1080. The molecule has 0 bridgehead atoms. The van der Waals surface area contributed by atoms with Crippen molar-refractivity contribution in [3.63, 3.8) is 0 Å². The average Bonchev–Trinajstić information content (AvgIpc) is 3.22. The molecule has 1 amide bonds. The number of nitrogens with zero attached hydrogens (tertiary/aromatic N) is 1. The smallest absolute Gasteiger partial charge is 0.237 e. The predicted octanol–water partition coefficient (Wildman–Crippen LogP) is 6.25. The Morgan fingerprint density at radius 3 is 2.58 bits per heavy atom. The van der Waals surface area contributed by atoms with Crippen LogP contribution in [0.15, 0.2) is 66.7 Å². The highest BCUT2D eigenvalue weighted by Gasteiger charge is 2.30. The van der Waals surface area contributed by atoms with Crippen LogP contribution >= 0.6 is 23.2 Å². The lowest BCUT2D eigenvalue weighted by Crippen LogP contribution is -2.42. The third-order valence-corrected chi connectivity index (χ3v) is 6.48. The Balaban J connectivity index is 1.42. The Labute approximate surface area is 194 Å². The van der Waals surface area contributed by atoms with Gasteiger partial charge in [-0.15, -0.1) is 0 Å². The van der Waals surface area contributed by atoms with Gasteiger partial charge >= 0.3 is 0 Å². The van der Waals surface area contributed by atoms with Crippen molar-refractivity contribution in [1.82, 2.24) is 10.2 Å². The standard InChI is InChI=1S/C26H26Cl2N2O/c1-18-10-11-22(15-24(18)28)21-7-2-6-20(13-21)17-30-12-4-9-25(30)26(31)29-16-19-5-3-8-23(27)14-19/h2-3,5-8,10-11,13-15,25H,4,9,12,16-17H2,1H3,(H,29,31). The first-order valence-corrected chi connectivity index (χ1v) is 11.4. The van der Waals surface area contributed by atoms with E-state index in [1.807, 2.05) is 43.3 Å². The maximum Gasteiger partial charge on any atom is 0.237 e. The molecule has 1 N–H and O–H groups in total. The maximum absolute atomic E-state index is 12.9. The van der Waals surface area contributed by atoms with Gasteiger partial charge in [-0.25, -0.2) is 0 Å². The summed E-state index contributed by atoms with van der Waals surface area (Å²) in [4.78, 5) is 15.1. The van der Waals surface area contributed by atoms with Gasteiger partial charge in [0.2, 0.25) is 5.91 Å². The summed E-state index contributed by atoms with van der Waals surface area (Å²) in [5.74, 6) is 0.0824. The molecule has 0 aliphatic carbocycles. The molecule has 1 aliphatic rings. The van der Waals surface area contributed by atoms with Gasteiger partial charge in [-0.2, -0.15) is 0 Å². The van der Waals surface area contributed by atoms with Gasteiger partial charge in [0, 0.05) is 23.1 Å².